The Kier molecular flexibility index (Phi) is 0.933. The second kappa shape index (κ2) is 3.23. The summed E-state index contributed by atoms with van der Waals surface area (Å²) in [5.74, 6) is 0. The number of nitrogens with zero attached hydrogens (tertiary/aromatic N) is 2. The van der Waals surface area contributed by atoms with E-state index in [2.05, 4.69) is 4.98 Å². The molecule has 0 aromatic carbocycles. The van der Waals surface area contributed by atoms with E-state index < -0.39 is 19.5 Å². The molecule has 2 heterocycles. The summed E-state index contributed by atoms with van der Waals surface area (Å²) in [6.07, 6.45) is 3.11. The first-order valence-electron chi connectivity index (χ1n) is 6.89. The highest BCUT2D eigenvalue weighted by atomic mass is 15.1. The van der Waals surface area contributed by atoms with Crippen LogP contribution in [0.15, 0.2) is 24.5 Å². The van der Waals surface area contributed by atoms with Crippen molar-refractivity contribution < 1.29 is 8.22 Å². The predicted octanol–water partition coefficient (Wildman–Crippen LogP) is 1.85. The third kappa shape index (κ3) is 1.34. The highest BCUT2D eigenvalue weighted by Gasteiger charge is 2.21. The number of hydrogen-bond acceptors (Lipinski definition) is 2. The zero-order valence-electron chi connectivity index (χ0n) is 12.6. The highest BCUT2D eigenvalue weighted by molar-refractivity contribution is 5.14. The minimum absolute atomic E-state index is 0.0176. The van der Waals surface area contributed by atoms with E-state index in [1.54, 1.807) is 12.1 Å². The van der Waals surface area contributed by atoms with Crippen molar-refractivity contribution in [2.24, 2.45) is 0 Å². The van der Waals surface area contributed by atoms with Crippen molar-refractivity contribution >= 4 is 0 Å². The zero-order valence-corrected chi connectivity index (χ0v) is 6.62. The van der Waals surface area contributed by atoms with Gasteiger partial charge in [-0.3, -0.25) is 9.88 Å². The van der Waals surface area contributed by atoms with Gasteiger partial charge >= 0.3 is 0 Å². The van der Waals surface area contributed by atoms with Gasteiger partial charge in [-0.1, -0.05) is 6.07 Å². The maximum atomic E-state index is 8.38. The quantitative estimate of drug-likeness (QED) is 0.636. The first-order chi connectivity index (χ1) is 8.18. The first kappa shape index (κ1) is 3.46. The van der Waals surface area contributed by atoms with Crippen LogP contribution in [0.5, 0.6) is 0 Å². The Bertz CT molecular complexity index is 432. The van der Waals surface area contributed by atoms with Gasteiger partial charge in [-0.25, -0.2) is 0 Å². The molecule has 0 saturated carbocycles. The minimum Gasteiger partial charge on any atom is -0.299 e. The Labute approximate surface area is 81.7 Å². The van der Waals surface area contributed by atoms with Crippen molar-refractivity contribution in [1.82, 2.24) is 9.88 Å². The molecule has 1 unspecified atom stereocenters. The largest absolute Gasteiger partial charge is 0.299 e. The average Bonchev–Trinajstić information content (AvgIpc) is 2.51. The molecule has 0 radical (unpaired) electrons. The van der Waals surface area contributed by atoms with Crippen molar-refractivity contribution in [2.75, 3.05) is 13.5 Å². The van der Waals surface area contributed by atoms with Crippen LogP contribution >= 0.6 is 0 Å². The smallest absolute Gasteiger partial charge is 0.0519 e. The van der Waals surface area contributed by atoms with E-state index in [4.69, 9.17) is 8.22 Å². The number of hydrogen-bond donors (Lipinski definition) is 0. The zero-order chi connectivity index (χ0) is 13.6. The Balaban J connectivity index is 2.50. The van der Waals surface area contributed by atoms with E-state index in [0.717, 1.165) is 0 Å². The van der Waals surface area contributed by atoms with E-state index in [0.29, 0.717) is 10.5 Å². The van der Waals surface area contributed by atoms with Gasteiger partial charge < -0.3 is 0 Å². The molecule has 1 aliphatic rings. The van der Waals surface area contributed by atoms with Crippen molar-refractivity contribution in [1.29, 1.82) is 0 Å². The van der Waals surface area contributed by atoms with Crippen LogP contribution in [0.2, 0.25) is 0 Å². The fourth-order valence-electron chi connectivity index (χ4n) is 1.30. The molecule has 2 rings (SSSR count). The summed E-state index contributed by atoms with van der Waals surface area (Å²) in [4.78, 5) is 4.56. The second-order valence-electron chi connectivity index (χ2n) is 2.68. The molecule has 64 valence electrons. The van der Waals surface area contributed by atoms with Gasteiger partial charge in [0.2, 0.25) is 0 Å². The van der Waals surface area contributed by atoms with E-state index >= 15 is 0 Å². The topological polar surface area (TPSA) is 16.1 Å². The fourth-order valence-corrected chi connectivity index (χ4v) is 1.30. The summed E-state index contributed by atoms with van der Waals surface area (Å²) in [5.41, 5.74) is 0.405. The van der Waals surface area contributed by atoms with E-state index in [-0.39, 0.29) is 12.8 Å². The molecule has 1 atom stereocenters. The molecule has 12 heavy (non-hydrogen) atoms. The molecule has 1 aromatic heterocycles. The molecule has 0 spiro atoms. The summed E-state index contributed by atoms with van der Waals surface area (Å²) in [6.45, 7) is -4.67. The highest BCUT2D eigenvalue weighted by Crippen LogP contribution is 2.29. The van der Waals surface area contributed by atoms with Gasteiger partial charge in [0.05, 0.1) is 1.37 Å². The third-order valence-corrected chi connectivity index (χ3v) is 1.90. The molecule has 0 bridgehead atoms. The molecule has 2 heteroatoms. The SMILES string of the molecule is [2H]C([2H])([2H])N1C([2H])([2H])CCC1([2H])c1cccnc1. The lowest BCUT2D eigenvalue weighted by Crippen LogP contribution is -2.17. The van der Waals surface area contributed by atoms with Gasteiger partial charge in [-0.15, -0.1) is 0 Å². The second-order valence-corrected chi connectivity index (χ2v) is 2.68. The third-order valence-electron chi connectivity index (χ3n) is 1.90. The molecule has 2 nitrogen and oxygen atoms in total. The van der Waals surface area contributed by atoms with E-state index in [1.807, 2.05) is 0 Å². The Morgan fingerprint density at radius 2 is 2.92 bits per heavy atom. The van der Waals surface area contributed by atoms with Crippen LogP contribution in [0.1, 0.15) is 32.6 Å². The lowest BCUT2D eigenvalue weighted by atomic mass is 10.1. The van der Waals surface area contributed by atoms with Gasteiger partial charge in [0, 0.05) is 25.3 Å². The molecule has 0 aliphatic carbocycles. The van der Waals surface area contributed by atoms with Gasteiger partial charge in [0.15, 0.2) is 0 Å². The predicted molar refractivity (Wildman–Crippen MR) is 48.8 cm³/mol. The van der Waals surface area contributed by atoms with Crippen LogP contribution in [0.25, 0.3) is 0 Å². The van der Waals surface area contributed by atoms with Crippen molar-refractivity contribution in [3.63, 3.8) is 0 Å². The molecule has 1 aliphatic heterocycles. The maximum Gasteiger partial charge on any atom is 0.0519 e. The van der Waals surface area contributed by atoms with Crippen molar-refractivity contribution in [2.45, 2.75) is 18.9 Å². The lowest BCUT2D eigenvalue weighted by Gasteiger charge is -2.18. The van der Waals surface area contributed by atoms with Crippen LogP contribution in [0, 0.1) is 0 Å². The summed E-state index contributed by atoms with van der Waals surface area (Å²) in [6, 6.07) is 1.64. The van der Waals surface area contributed by atoms with Crippen LogP contribution in [-0.2, 0) is 0 Å². The molecule has 0 amide bonds. The monoisotopic (exact) mass is 168 g/mol. The summed E-state index contributed by atoms with van der Waals surface area (Å²) < 4.78 is 46.4. The van der Waals surface area contributed by atoms with Crippen LogP contribution in [0.3, 0.4) is 0 Å². The molecular weight excluding hydrogens is 148 g/mol. The molecule has 1 saturated heterocycles. The Hall–Kier alpha value is -0.890. The van der Waals surface area contributed by atoms with E-state index in [9.17, 15) is 0 Å². The number of likely N-dealkylation sites (tertiary alicyclic amines) is 1. The average molecular weight is 168 g/mol. The molecule has 1 fully saturated rings. The molecular formula is C10H14N2. The fraction of sp³-hybridized carbons (Fsp3) is 0.500. The first-order valence-corrected chi connectivity index (χ1v) is 3.89. The minimum atomic E-state index is -2.66. The Morgan fingerprint density at radius 3 is 3.67 bits per heavy atom. The van der Waals surface area contributed by atoms with Crippen LogP contribution < -0.4 is 0 Å². The molecule has 1 aromatic rings. The van der Waals surface area contributed by atoms with E-state index in [1.165, 1.54) is 12.4 Å². The normalized spacial score (nSPS) is 43.3. The number of aromatic nitrogens is 1. The standard InChI is InChI=1S/C10H14N2/c1-12-7-3-5-10(12)9-4-2-6-11-8-9/h2,4,6,8,10H,3,5,7H2,1H3/i1D3,7D2,10D. The summed E-state index contributed by atoms with van der Waals surface area (Å²) >= 11 is 0. The Morgan fingerprint density at radius 1 is 1.92 bits per heavy atom. The van der Waals surface area contributed by atoms with Crippen LogP contribution in [0.4, 0.5) is 0 Å². The van der Waals surface area contributed by atoms with Crippen molar-refractivity contribution in [3.8, 4) is 0 Å². The van der Waals surface area contributed by atoms with Gasteiger partial charge in [0.1, 0.15) is 0 Å². The van der Waals surface area contributed by atoms with Crippen molar-refractivity contribution in [3.05, 3.63) is 30.1 Å². The lowest BCUT2D eigenvalue weighted by molar-refractivity contribution is 0.317. The van der Waals surface area contributed by atoms with Crippen LogP contribution in [-0.4, -0.2) is 23.4 Å². The summed E-state index contributed by atoms with van der Waals surface area (Å²) in [7, 11) is 0. The maximum absolute atomic E-state index is 8.38. The number of rotatable bonds is 1. The number of pyridine rings is 1. The van der Waals surface area contributed by atoms with Gasteiger partial charge in [0.25, 0.3) is 0 Å². The van der Waals surface area contributed by atoms with Gasteiger partial charge in [-0.2, -0.15) is 0 Å². The summed E-state index contributed by atoms with van der Waals surface area (Å²) in [5, 5.41) is 0. The molecule has 0 N–H and O–H groups in total. The van der Waals surface area contributed by atoms with Gasteiger partial charge in [-0.05, 0) is 37.9 Å².